The number of nitrogens with one attached hydrogen (secondary N) is 2. The van der Waals surface area contributed by atoms with Gasteiger partial charge in [0.05, 0.1) is 10.9 Å². The van der Waals surface area contributed by atoms with Crippen molar-refractivity contribution in [1.82, 2.24) is 19.8 Å². The van der Waals surface area contributed by atoms with Crippen molar-refractivity contribution >= 4 is 29.0 Å². The van der Waals surface area contributed by atoms with E-state index in [2.05, 4.69) is 41.2 Å². The molecule has 0 saturated heterocycles. The Balaban J connectivity index is 1.68. The van der Waals surface area contributed by atoms with Gasteiger partial charge in [-0.1, -0.05) is 38.1 Å². The maximum atomic E-state index is 12.5. The highest BCUT2D eigenvalue weighted by Gasteiger charge is 2.09. The second-order valence-electron chi connectivity index (χ2n) is 7.02. The molecule has 0 atom stereocenters. The highest BCUT2D eigenvalue weighted by Crippen LogP contribution is 2.12. The Kier molecular flexibility index (Phi) is 6.61. The zero-order chi connectivity index (χ0) is 21.0. The molecule has 29 heavy (non-hydrogen) atoms. The second-order valence-corrected chi connectivity index (χ2v) is 7.40. The van der Waals surface area contributed by atoms with Gasteiger partial charge in [0, 0.05) is 25.7 Å². The number of benzene rings is 2. The molecule has 0 bridgehead atoms. The Bertz CT molecular complexity index is 1130. The number of amides is 1. The van der Waals surface area contributed by atoms with E-state index < -0.39 is 0 Å². The number of aromatic amines is 1. The number of carbonyl (C=O) groups is 1. The van der Waals surface area contributed by atoms with Gasteiger partial charge in [-0.2, -0.15) is 0 Å². The quantitative estimate of drug-likeness (QED) is 0.586. The molecule has 152 valence electrons. The van der Waals surface area contributed by atoms with Gasteiger partial charge >= 0.3 is 0 Å². The first-order valence-electron chi connectivity index (χ1n) is 9.74. The predicted molar refractivity (Wildman–Crippen MR) is 119 cm³/mol. The Morgan fingerprint density at radius 1 is 1.10 bits per heavy atom. The van der Waals surface area contributed by atoms with E-state index in [0.717, 1.165) is 25.2 Å². The van der Waals surface area contributed by atoms with Crippen molar-refractivity contribution in [2.75, 3.05) is 13.1 Å². The minimum atomic E-state index is -0.195. The average Bonchev–Trinajstić information content (AvgIpc) is 2.74. The molecule has 0 aliphatic heterocycles. The third-order valence-electron chi connectivity index (χ3n) is 5.14. The van der Waals surface area contributed by atoms with Crippen LogP contribution in [-0.4, -0.2) is 33.4 Å². The van der Waals surface area contributed by atoms with Crippen LogP contribution in [0.3, 0.4) is 0 Å². The minimum Gasteiger partial charge on any atom is -0.348 e. The van der Waals surface area contributed by atoms with E-state index in [-0.39, 0.29) is 11.5 Å². The number of nitrogens with zero attached hydrogens (tertiary/aromatic N) is 2. The summed E-state index contributed by atoms with van der Waals surface area (Å²) < 4.78 is 1.70. The summed E-state index contributed by atoms with van der Waals surface area (Å²) in [6.45, 7) is 7.73. The fourth-order valence-electron chi connectivity index (χ4n) is 3.20. The van der Waals surface area contributed by atoms with Crippen LogP contribution in [0.2, 0.25) is 0 Å². The first kappa shape index (κ1) is 21.0. The lowest BCUT2D eigenvalue weighted by molar-refractivity contribution is 0.0951. The molecule has 0 unspecified atom stereocenters. The summed E-state index contributed by atoms with van der Waals surface area (Å²) in [5.41, 5.74) is 3.16. The molecule has 0 fully saturated rings. The molecule has 0 saturated carbocycles. The third kappa shape index (κ3) is 4.81. The average molecular weight is 411 g/mol. The number of carbonyl (C=O) groups excluding carboxylic acids is 1. The molecule has 0 aliphatic rings. The van der Waals surface area contributed by atoms with Crippen LogP contribution < -0.4 is 10.9 Å². The van der Waals surface area contributed by atoms with Gasteiger partial charge in [0.1, 0.15) is 0 Å². The molecule has 3 rings (SSSR count). The molecule has 1 aromatic heterocycles. The molecular formula is C22H26N4O2S. The lowest BCUT2D eigenvalue weighted by Crippen LogP contribution is -2.24. The summed E-state index contributed by atoms with van der Waals surface area (Å²) in [5.74, 6) is -0.195. The SMILES string of the molecule is CCN(CC)Cc1ccc(CNC(=O)c2ccc3c(=O)n(C)c(=S)[nH]c3c2)cc1. The maximum Gasteiger partial charge on any atom is 0.261 e. The number of rotatable bonds is 7. The van der Waals surface area contributed by atoms with E-state index in [1.54, 1.807) is 25.2 Å². The highest BCUT2D eigenvalue weighted by atomic mass is 32.1. The normalized spacial score (nSPS) is 11.2. The van der Waals surface area contributed by atoms with Gasteiger partial charge in [-0.3, -0.25) is 19.1 Å². The second kappa shape index (κ2) is 9.15. The van der Waals surface area contributed by atoms with Crippen LogP contribution >= 0.6 is 12.2 Å². The molecule has 0 radical (unpaired) electrons. The number of fused-ring (bicyclic) bond motifs is 1. The molecule has 7 heteroatoms. The lowest BCUT2D eigenvalue weighted by atomic mass is 10.1. The van der Waals surface area contributed by atoms with E-state index in [1.165, 1.54) is 10.1 Å². The minimum absolute atomic E-state index is 0.180. The topological polar surface area (TPSA) is 70.1 Å². The van der Waals surface area contributed by atoms with Crippen LogP contribution in [0.25, 0.3) is 10.9 Å². The predicted octanol–water partition coefficient (Wildman–Crippen LogP) is 3.37. The Morgan fingerprint density at radius 2 is 1.76 bits per heavy atom. The Morgan fingerprint density at radius 3 is 2.41 bits per heavy atom. The fraction of sp³-hybridized carbons (Fsp3) is 0.318. The molecule has 6 nitrogen and oxygen atoms in total. The molecule has 2 N–H and O–H groups in total. The van der Waals surface area contributed by atoms with Crippen molar-refractivity contribution in [3.05, 3.63) is 74.3 Å². The van der Waals surface area contributed by atoms with Crippen LogP contribution in [0.5, 0.6) is 0 Å². The van der Waals surface area contributed by atoms with E-state index in [9.17, 15) is 9.59 Å². The van der Waals surface area contributed by atoms with E-state index >= 15 is 0 Å². The standard InChI is InChI=1S/C22H26N4O2S/c1-4-26(5-2)14-16-8-6-15(7-9-16)13-23-20(27)17-10-11-18-19(12-17)24-22(29)25(3)21(18)28/h6-12H,4-5,13-14H2,1-3H3,(H,23,27)(H,24,29). The number of hydrogen-bond donors (Lipinski definition) is 2. The van der Waals surface area contributed by atoms with Crippen molar-refractivity contribution in [2.24, 2.45) is 7.05 Å². The van der Waals surface area contributed by atoms with E-state index in [4.69, 9.17) is 12.2 Å². The van der Waals surface area contributed by atoms with Crippen molar-refractivity contribution in [3.63, 3.8) is 0 Å². The molecule has 0 spiro atoms. The van der Waals surface area contributed by atoms with Crippen LogP contribution in [0.1, 0.15) is 35.3 Å². The van der Waals surface area contributed by atoms with Crippen molar-refractivity contribution in [3.8, 4) is 0 Å². The number of aromatic nitrogens is 2. The lowest BCUT2D eigenvalue weighted by Gasteiger charge is -2.18. The Hall–Kier alpha value is -2.77. The third-order valence-corrected chi connectivity index (χ3v) is 5.52. The van der Waals surface area contributed by atoms with Gasteiger partial charge in [0.25, 0.3) is 11.5 Å². The summed E-state index contributed by atoms with van der Waals surface area (Å²) in [6.07, 6.45) is 0. The van der Waals surface area contributed by atoms with Crippen LogP contribution in [0, 0.1) is 4.77 Å². The summed E-state index contributed by atoms with van der Waals surface area (Å²) in [6, 6.07) is 13.3. The van der Waals surface area contributed by atoms with Crippen LogP contribution in [0.4, 0.5) is 0 Å². The molecule has 1 amide bonds. The zero-order valence-electron chi connectivity index (χ0n) is 17.0. The van der Waals surface area contributed by atoms with Gasteiger partial charge in [-0.15, -0.1) is 0 Å². The molecule has 2 aromatic carbocycles. The van der Waals surface area contributed by atoms with Crippen molar-refractivity contribution in [2.45, 2.75) is 26.9 Å². The first-order chi connectivity index (χ1) is 13.9. The van der Waals surface area contributed by atoms with Gasteiger partial charge in [-0.25, -0.2) is 0 Å². The molecule has 0 aliphatic carbocycles. The molecule has 1 heterocycles. The van der Waals surface area contributed by atoms with Gasteiger partial charge in [-0.05, 0) is 54.6 Å². The van der Waals surface area contributed by atoms with E-state index in [0.29, 0.717) is 27.8 Å². The van der Waals surface area contributed by atoms with Crippen LogP contribution in [0.15, 0.2) is 47.3 Å². The van der Waals surface area contributed by atoms with Crippen LogP contribution in [-0.2, 0) is 20.1 Å². The van der Waals surface area contributed by atoms with Gasteiger partial charge < -0.3 is 10.3 Å². The van der Waals surface area contributed by atoms with Crippen molar-refractivity contribution in [1.29, 1.82) is 0 Å². The number of hydrogen-bond acceptors (Lipinski definition) is 4. The fourth-order valence-corrected chi connectivity index (χ4v) is 3.39. The van der Waals surface area contributed by atoms with E-state index in [1.807, 2.05) is 12.1 Å². The summed E-state index contributed by atoms with van der Waals surface area (Å²) in [5, 5.41) is 3.43. The largest absolute Gasteiger partial charge is 0.348 e. The smallest absolute Gasteiger partial charge is 0.261 e. The van der Waals surface area contributed by atoms with Crippen molar-refractivity contribution < 1.29 is 4.79 Å². The summed E-state index contributed by atoms with van der Waals surface area (Å²) in [7, 11) is 1.62. The zero-order valence-corrected chi connectivity index (χ0v) is 17.8. The molecule has 3 aromatic rings. The monoisotopic (exact) mass is 410 g/mol. The van der Waals surface area contributed by atoms with Gasteiger partial charge in [0.15, 0.2) is 4.77 Å². The number of H-pyrrole nitrogens is 1. The summed E-state index contributed by atoms with van der Waals surface area (Å²) in [4.78, 5) is 30.1. The summed E-state index contributed by atoms with van der Waals surface area (Å²) >= 11 is 5.15. The van der Waals surface area contributed by atoms with Gasteiger partial charge in [0.2, 0.25) is 0 Å². The maximum absolute atomic E-state index is 12.5. The highest BCUT2D eigenvalue weighted by molar-refractivity contribution is 7.71. The first-order valence-corrected chi connectivity index (χ1v) is 10.1. The Labute approximate surface area is 175 Å². The molecular weight excluding hydrogens is 384 g/mol.